The number of nitrogens with two attached hydrogens (primary N) is 1. The number of hydrogen-bond donors (Lipinski definition) is 2. The average molecular weight is 326 g/mol. The molecule has 0 spiro atoms. The molecule has 122 valence electrons. The van der Waals surface area contributed by atoms with Crippen LogP contribution in [0.2, 0.25) is 0 Å². The number of allylic oxidation sites excluding steroid dienone is 1. The summed E-state index contributed by atoms with van der Waals surface area (Å²) in [5, 5.41) is 9.33. The van der Waals surface area contributed by atoms with E-state index < -0.39 is 0 Å². The monoisotopic (exact) mass is 326 g/mol. The fourth-order valence-electron chi connectivity index (χ4n) is 3.22. The second-order valence-corrected chi connectivity index (χ2v) is 6.12. The van der Waals surface area contributed by atoms with E-state index in [1.165, 1.54) is 10.8 Å². The molecule has 3 nitrogen and oxygen atoms in total. The molecule has 4 aromatic rings. The van der Waals surface area contributed by atoms with Gasteiger partial charge in [0.15, 0.2) is 0 Å². The van der Waals surface area contributed by atoms with E-state index >= 15 is 0 Å². The summed E-state index contributed by atoms with van der Waals surface area (Å²) in [7, 11) is 0. The third-order valence-corrected chi connectivity index (χ3v) is 4.51. The molecular formula is C22H18N2O. The molecule has 25 heavy (non-hydrogen) atoms. The molecule has 0 bridgehead atoms. The molecular weight excluding hydrogens is 308 g/mol. The number of nitrogens with one attached hydrogen (secondary N) is 1. The molecule has 4 rings (SSSR count). The van der Waals surface area contributed by atoms with Crippen LogP contribution in [0.25, 0.3) is 32.3 Å². The lowest BCUT2D eigenvalue weighted by Gasteiger charge is -2.10. The summed E-state index contributed by atoms with van der Waals surface area (Å²) in [6, 6.07) is 20.6. The van der Waals surface area contributed by atoms with Crippen LogP contribution >= 0.6 is 0 Å². The van der Waals surface area contributed by atoms with Crippen LogP contribution in [0.4, 0.5) is 5.69 Å². The number of carbonyl (C=O) groups excluding carboxylic acids is 1. The second-order valence-electron chi connectivity index (χ2n) is 6.12. The third kappa shape index (κ3) is 2.60. The topological polar surface area (TPSA) is 55.1 Å². The first kappa shape index (κ1) is 15.2. The van der Waals surface area contributed by atoms with Crippen molar-refractivity contribution in [2.24, 2.45) is 0 Å². The summed E-state index contributed by atoms with van der Waals surface area (Å²) in [6.45, 7) is 1.85. The number of fused-ring (bicyclic) bond motifs is 3. The van der Waals surface area contributed by atoms with Gasteiger partial charge in [-0.05, 0) is 70.4 Å². The van der Waals surface area contributed by atoms with Crippen LogP contribution in [-0.4, -0.2) is 5.91 Å². The summed E-state index contributed by atoms with van der Waals surface area (Å²) in [6.07, 6.45) is 3.38. The summed E-state index contributed by atoms with van der Waals surface area (Å²) < 4.78 is 0. The largest absolute Gasteiger partial charge is 0.398 e. The lowest BCUT2D eigenvalue weighted by molar-refractivity contribution is 0.0971. The van der Waals surface area contributed by atoms with Gasteiger partial charge < -0.3 is 11.1 Å². The standard InChI is InChI=1S/C22H18N2O/c1-2-9-24-22(25)19-8-7-16-12-17-10-14-5-3-4-6-15(14)11-18(17)13-20(16)21(19)23/h2-13H,23H2,1H3,(H,24,25). The van der Waals surface area contributed by atoms with Crippen LogP contribution in [0.1, 0.15) is 17.3 Å². The van der Waals surface area contributed by atoms with E-state index in [0.717, 1.165) is 21.5 Å². The van der Waals surface area contributed by atoms with Gasteiger partial charge >= 0.3 is 0 Å². The van der Waals surface area contributed by atoms with Crippen molar-refractivity contribution in [2.45, 2.75) is 6.92 Å². The fourth-order valence-corrected chi connectivity index (χ4v) is 3.22. The molecule has 0 aliphatic carbocycles. The molecule has 0 fully saturated rings. The zero-order valence-corrected chi connectivity index (χ0v) is 13.9. The highest BCUT2D eigenvalue weighted by Crippen LogP contribution is 2.31. The zero-order valence-electron chi connectivity index (χ0n) is 13.9. The van der Waals surface area contributed by atoms with Crippen LogP contribution in [0.15, 0.2) is 72.9 Å². The first-order valence-electron chi connectivity index (χ1n) is 8.24. The van der Waals surface area contributed by atoms with Gasteiger partial charge in [0.2, 0.25) is 0 Å². The van der Waals surface area contributed by atoms with Gasteiger partial charge in [-0.25, -0.2) is 0 Å². The predicted molar refractivity (Wildman–Crippen MR) is 106 cm³/mol. The first-order chi connectivity index (χ1) is 12.2. The van der Waals surface area contributed by atoms with Crippen molar-refractivity contribution in [1.29, 1.82) is 0 Å². The van der Waals surface area contributed by atoms with Crippen molar-refractivity contribution >= 4 is 43.9 Å². The molecule has 0 aliphatic rings. The molecule has 4 aromatic carbocycles. The minimum absolute atomic E-state index is 0.198. The summed E-state index contributed by atoms with van der Waals surface area (Å²) in [5.41, 5.74) is 7.31. The SMILES string of the molecule is CC=CNC(=O)c1ccc2cc3cc4ccccc4cc3cc2c1N. The van der Waals surface area contributed by atoms with E-state index in [4.69, 9.17) is 5.73 Å². The van der Waals surface area contributed by atoms with Crippen LogP contribution in [0.5, 0.6) is 0 Å². The number of benzene rings is 4. The number of anilines is 1. The van der Waals surface area contributed by atoms with Crippen LogP contribution in [-0.2, 0) is 0 Å². The highest BCUT2D eigenvalue weighted by atomic mass is 16.1. The lowest BCUT2D eigenvalue weighted by atomic mass is 9.97. The predicted octanol–water partition coefficient (Wildman–Crippen LogP) is 4.99. The van der Waals surface area contributed by atoms with Crippen molar-refractivity contribution in [3.63, 3.8) is 0 Å². The average Bonchev–Trinajstić information content (AvgIpc) is 2.63. The summed E-state index contributed by atoms with van der Waals surface area (Å²) in [5.74, 6) is -0.198. The maximum atomic E-state index is 12.3. The molecule has 0 radical (unpaired) electrons. The number of carbonyl (C=O) groups is 1. The van der Waals surface area contributed by atoms with Gasteiger partial charge in [-0.1, -0.05) is 36.4 Å². The third-order valence-electron chi connectivity index (χ3n) is 4.51. The first-order valence-corrected chi connectivity index (χ1v) is 8.24. The summed E-state index contributed by atoms with van der Waals surface area (Å²) >= 11 is 0. The minimum atomic E-state index is -0.198. The van der Waals surface area contributed by atoms with Gasteiger partial charge in [-0.3, -0.25) is 4.79 Å². The molecule has 0 saturated heterocycles. The molecule has 0 heterocycles. The van der Waals surface area contributed by atoms with E-state index in [1.807, 2.05) is 25.1 Å². The Bertz CT molecular complexity index is 1160. The zero-order chi connectivity index (χ0) is 17.4. The number of hydrogen-bond acceptors (Lipinski definition) is 2. The molecule has 0 atom stereocenters. The summed E-state index contributed by atoms with van der Waals surface area (Å²) in [4.78, 5) is 12.3. The number of amides is 1. The Morgan fingerprint density at radius 2 is 1.52 bits per heavy atom. The van der Waals surface area contributed by atoms with Gasteiger partial charge in [-0.2, -0.15) is 0 Å². The fraction of sp³-hybridized carbons (Fsp3) is 0.0455. The molecule has 3 N–H and O–H groups in total. The van der Waals surface area contributed by atoms with Gasteiger partial charge in [0.1, 0.15) is 0 Å². The molecule has 0 saturated carbocycles. The van der Waals surface area contributed by atoms with Crippen LogP contribution in [0.3, 0.4) is 0 Å². The maximum Gasteiger partial charge on any atom is 0.257 e. The van der Waals surface area contributed by atoms with Crippen molar-refractivity contribution in [2.75, 3.05) is 5.73 Å². The molecule has 0 aromatic heterocycles. The highest BCUT2D eigenvalue weighted by molar-refractivity contribution is 6.12. The van der Waals surface area contributed by atoms with E-state index in [0.29, 0.717) is 11.3 Å². The Hall–Kier alpha value is -3.33. The van der Waals surface area contributed by atoms with E-state index in [2.05, 4.69) is 41.7 Å². The van der Waals surface area contributed by atoms with Crippen LogP contribution in [0, 0.1) is 0 Å². The van der Waals surface area contributed by atoms with Crippen molar-refractivity contribution in [3.8, 4) is 0 Å². The minimum Gasteiger partial charge on any atom is -0.398 e. The molecule has 0 aliphatic heterocycles. The van der Waals surface area contributed by atoms with Crippen molar-refractivity contribution < 1.29 is 4.79 Å². The Morgan fingerprint density at radius 1 is 0.880 bits per heavy atom. The molecule has 0 unspecified atom stereocenters. The number of rotatable bonds is 2. The van der Waals surface area contributed by atoms with Gasteiger partial charge in [0, 0.05) is 5.39 Å². The Labute approximate surface area is 145 Å². The van der Waals surface area contributed by atoms with Crippen molar-refractivity contribution in [1.82, 2.24) is 5.32 Å². The number of nitrogen functional groups attached to an aromatic ring is 1. The van der Waals surface area contributed by atoms with Gasteiger partial charge in [0.05, 0.1) is 11.3 Å². The van der Waals surface area contributed by atoms with E-state index in [9.17, 15) is 4.79 Å². The Kier molecular flexibility index (Phi) is 3.62. The smallest absolute Gasteiger partial charge is 0.257 e. The Balaban J connectivity index is 1.94. The molecule has 1 amide bonds. The second kappa shape index (κ2) is 5.95. The van der Waals surface area contributed by atoms with Gasteiger partial charge in [0.25, 0.3) is 5.91 Å². The molecule has 3 heteroatoms. The van der Waals surface area contributed by atoms with E-state index in [1.54, 1.807) is 18.3 Å². The van der Waals surface area contributed by atoms with E-state index in [-0.39, 0.29) is 5.91 Å². The van der Waals surface area contributed by atoms with Gasteiger partial charge in [-0.15, -0.1) is 0 Å². The van der Waals surface area contributed by atoms with Crippen LogP contribution < -0.4 is 11.1 Å². The lowest BCUT2D eigenvalue weighted by Crippen LogP contribution is -2.18. The Morgan fingerprint density at radius 3 is 2.20 bits per heavy atom. The maximum absolute atomic E-state index is 12.3. The highest BCUT2D eigenvalue weighted by Gasteiger charge is 2.12. The van der Waals surface area contributed by atoms with Crippen molar-refractivity contribution in [3.05, 3.63) is 78.5 Å². The quantitative estimate of drug-likeness (QED) is 0.403. The normalized spacial score (nSPS) is 11.6.